The van der Waals surface area contributed by atoms with Crippen LogP contribution in [0.15, 0.2) is 36.4 Å². The third-order valence-electron chi connectivity index (χ3n) is 6.32. The van der Waals surface area contributed by atoms with Crippen molar-refractivity contribution >= 4 is 17.8 Å². The van der Waals surface area contributed by atoms with Gasteiger partial charge in [0, 0.05) is 43.9 Å². The van der Waals surface area contributed by atoms with Crippen LogP contribution in [-0.4, -0.2) is 64.6 Å². The molecule has 1 heterocycles. The van der Waals surface area contributed by atoms with Gasteiger partial charge in [0.15, 0.2) is 11.5 Å². The maximum absolute atomic E-state index is 13.5. The lowest BCUT2D eigenvalue weighted by Gasteiger charge is -2.36. The minimum Gasteiger partial charge on any atom is -0.496 e. The maximum Gasteiger partial charge on any atom is 0.406 e. The van der Waals surface area contributed by atoms with Crippen molar-refractivity contribution in [1.29, 1.82) is 0 Å². The first-order chi connectivity index (χ1) is 18.0. The van der Waals surface area contributed by atoms with E-state index in [-0.39, 0.29) is 12.6 Å². The lowest BCUT2D eigenvalue weighted by Crippen LogP contribution is -2.49. The van der Waals surface area contributed by atoms with Crippen molar-refractivity contribution in [3.8, 4) is 17.2 Å². The SMILES string of the molecule is CCCCCOc1cc(N2CCCN(Cc3ccc(CCOC(=O)NC)cc3OC)C2=O)ccc1OC. The molecule has 1 saturated heterocycles. The predicted octanol–water partition coefficient (Wildman–Crippen LogP) is 5.00. The summed E-state index contributed by atoms with van der Waals surface area (Å²) in [6.45, 7) is 4.78. The quantitative estimate of drug-likeness (QED) is 0.379. The van der Waals surface area contributed by atoms with E-state index < -0.39 is 6.09 Å². The molecule has 0 aliphatic carbocycles. The zero-order valence-corrected chi connectivity index (χ0v) is 22.4. The Hall–Kier alpha value is -3.62. The molecule has 37 heavy (non-hydrogen) atoms. The molecule has 1 aliphatic heterocycles. The Bertz CT molecular complexity index is 1040. The van der Waals surface area contributed by atoms with Gasteiger partial charge >= 0.3 is 12.1 Å². The topological polar surface area (TPSA) is 89.6 Å². The number of hydrogen-bond acceptors (Lipinski definition) is 6. The number of carbonyl (C=O) groups is 2. The second-order valence-corrected chi connectivity index (χ2v) is 8.88. The Morgan fingerprint density at radius 3 is 2.51 bits per heavy atom. The molecular formula is C28H39N3O6. The van der Waals surface area contributed by atoms with E-state index in [0.717, 1.165) is 42.5 Å². The average Bonchev–Trinajstić information content (AvgIpc) is 2.92. The van der Waals surface area contributed by atoms with Gasteiger partial charge in [-0.15, -0.1) is 0 Å². The van der Waals surface area contributed by atoms with Crippen molar-refractivity contribution in [2.45, 2.75) is 45.6 Å². The van der Waals surface area contributed by atoms with E-state index in [1.807, 2.05) is 41.3 Å². The molecule has 0 unspecified atom stereocenters. The summed E-state index contributed by atoms with van der Waals surface area (Å²) in [5, 5.41) is 2.43. The van der Waals surface area contributed by atoms with Crippen LogP contribution < -0.4 is 24.4 Å². The van der Waals surface area contributed by atoms with Gasteiger partial charge in [-0.25, -0.2) is 9.59 Å². The minimum absolute atomic E-state index is 0.0570. The van der Waals surface area contributed by atoms with Gasteiger partial charge in [-0.3, -0.25) is 4.90 Å². The Balaban J connectivity index is 1.69. The zero-order valence-electron chi connectivity index (χ0n) is 22.4. The highest BCUT2D eigenvalue weighted by Crippen LogP contribution is 2.34. The number of benzene rings is 2. The van der Waals surface area contributed by atoms with E-state index >= 15 is 0 Å². The Morgan fingerprint density at radius 2 is 1.78 bits per heavy atom. The molecule has 0 bridgehead atoms. The van der Waals surface area contributed by atoms with Crippen molar-refractivity contribution in [3.05, 3.63) is 47.5 Å². The van der Waals surface area contributed by atoms with E-state index in [9.17, 15) is 9.59 Å². The molecule has 0 radical (unpaired) electrons. The summed E-state index contributed by atoms with van der Waals surface area (Å²) in [7, 11) is 4.77. The number of nitrogens with zero attached hydrogens (tertiary/aromatic N) is 2. The lowest BCUT2D eigenvalue weighted by molar-refractivity contribution is 0.150. The van der Waals surface area contributed by atoms with Crippen molar-refractivity contribution in [2.24, 2.45) is 0 Å². The zero-order chi connectivity index (χ0) is 26.6. The molecule has 0 atom stereocenters. The molecular weight excluding hydrogens is 474 g/mol. The molecule has 1 fully saturated rings. The largest absolute Gasteiger partial charge is 0.496 e. The van der Waals surface area contributed by atoms with Crippen molar-refractivity contribution in [2.75, 3.05) is 52.5 Å². The van der Waals surface area contributed by atoms with Gasteiger partial charge in [0.05, 0.1) is 34.0 Å². The number of nitrogens with one attached hydrogen (secondary N) is 1. The Kier molecular flexibility index (Phi) is 10.7. The van der Waals surface area contributed by atoms with Gasteiger partial charge in [0.1, 0.15) is 5.75 Å². The van der Waals surface area contributed by atoms with Gasteiger partial charge in [0.25, 0.3) is 0 Å². The van der Waals surface area contributed by atoms with Gasteiger partial charge in [-0.2, -0.15) is 0 Å². The first-order valence-corrected chi connectivity index (χ1v) is 12.9. The van der Waals surface area contributed by atoms with Crippen LogP contribution in [0.4, 0.5) is 15.3 Å². The molecule has 2 aromatic rings. The number of rotatable bonds is 13. The summed E-state index contributed by atoms with van der Waals surface area (Å²) in [4.78, 5) is 28.4. The summed E-state index contributed by atoms with van der Waals surface area (Å²) in [5.41, 5.74) is 2.70. The number of ether oxygens (including phenoxy) is 4. The normalized spacial score (nSPS) is 13.4. The highest BCUT2D eigenvalue weighted by Gasteiger charge is 2.28. The Morgan fingerprint density at radius 1 is 0.973 bits per heavy atom. The molecule has 9 nitrogen and oxygen atoms in total. The fraction of sp³-hybridized carbons (Fsp3) is 0.500. The van der Waals surface area contributed by atoms with Gasteiger partial charge in [-0.1, -0.05) is 31.9 Å². The highest BCUT2D eigenvalue weighted by molar-refractivity contribution is 5.93. The second kappa shape index (κ2) is 14.2. The second-order valence-electron chi connectivity index (χ2n) is 8.88. The molecule has 3 amide bonds. The molecule has 3 rings (SSSR count). The molecule has 9 heteroatoms. The average molecular weight is 514 g/mol. The standard InChI is InChI=1S/C28H39N3O6/c1-5-6-7-16-36-26-19-23(11-12-24(26)34-3)31-15-8-14-30(28(31)33)20-22-10-9-21(18-25(22)35-4)13-17-37-27(32)29-2/h9-12,18-19H,5-8,13-17,20H2,1-4H3,(H,29,32). The molecule has 202 valence electrons. The number of amides is 3. The molecule has 0 aromatic heterocycles. The number of alkyl carbamates (subject to hydrolysis) is 1. The maximum atomic E-state index is 13.5. The molecule has 2 aromatic carbocycles. The first-order valence-electron chi connectivity index (χ1n) is 12.9. The molecule has 1 N–H and O–H groups in total. The van der Waals surface area contributed by atoms with Crippen molar-refractivity contribution in [3.63, 3.8) is 0 Å². The van der Waals surface area contributed by atoms with Gasteiger partial charge in [0.2, 0.25) is 0 Å². The summed E-state index contributed by atoms with van der Waals surface area (Å²) in [6, 6.07) is 11.5. The first kappa shape index (κ1) is 28.0. The molecule has 0 saturated carbocycles. The number of methoxy groups -OCH3 is 2. The summed E-state index contributed by atoms with van der Waals surface area (Å²) >= 11 is 0. The van der Waals surface area contributed by atoms with E-state index in [0.29, 0.717) is 49.9 Å². The number of carbonyl (C=O) groups excluding carboxylic acids is 2. The van der Waals surface area contributed by atoms with Crippen LogP contribution in [0.3, 0.4) is 0 Å². The van der Waals surface area contributed by atoms with E-state index in [2.05, 4.69) is 12.2 Å². The predicted molar refractivity (Wildman–Crippen MR) is 143 cm³/mol. The fourth-order valence-electron chi connectivity index (χ4n) is 4.26. The van der Waals surface area contributed by atoms with Crippen LogP contribution in [0.5, 0.6) is 17.2 Å². The van der Waals surface area contributed by atoms with Crippen LogP contribution >= 0.6 is 0 Å². The van der Waals surface area contributed by atoms with Crippen LogP contribution in [-0.2, 0) is 17.7 Å². The smallest absolute Gasteiger partial charge is 0.406 e. The fourth-order valence-corrected chi connectivity index (χ4v) is 4.26. The molecule has 0 spiro atoms. The van der Waals surface area contributed by atoms with E-state index in [1.165, 1.54) is 7.05 Å². The monoisotopic (exact) mass is 513 g/mol. The summed E-state index contributed by atoms with van der Waals surface area (Å²) in [6.07, 6.45) is 4.17. The third kappa shape index (κ3) is 7.68. The van der Waals surface area contributed by atoms with Gasteiger partial charge < -0.3 is 29.2 Å². The highest BCUT2D eigenvalue weighted by atomic mass is 16.5. The van der Waals surface area contributed by atoms with E-state index in [4.69, 9.17) is 18.9 Å². The number of hydrogen-bond donors (Lipinski definition) is 1. The van der Waals surface area contributed by atoms with Crippen LogP contribution in [0.25, 0.3) is 0 Å². The summed E-state index contributed by atoms with van der Waals surface area (Å²) < 4.78 is 22.1. The van der Waals surface area contributed by atoms with Crippen LogP contribution in [0.1, 0.15) is 43.7 Å². The summed E-state index contributed by atoms with van der Waals surface area (Å²) in [5.74, 6) is 2.01. The number of unbranched alkanes of at least 4 members (excludes halogenated alkanes) is 2. The van der Waals surface area contributed by atoms with Crippen molar-refractivity contribution in [1.82, 2.24) is 10.2 Å². The Labute approximate surface area is 219 Å². The van der Waals surface area contributed by atoms with Crippen molar-refractivity contribution < 1.29 is 28.5 Å². The number of anilines is 1. The van der Waals surface area contributed by atoms with Gasteiger partial charge in [-0.05, 0) is 36.6 Å². The third-order valence-corrected chi connectivity index (χ3v) is 6.32. The lowest BCUT2D eigenvalue weighted by atomic mass is 10.1. The minimum atomic E-state index is -0.455. The number of urea groups is 1. The van der Waals surface area contributed by atoms with E-state index in [1.54, 1.807) is 19.1 Å². The van der Waals surface area contributed by atoms with Crippen LogP contribution in [0.2, 0.25) is 0 Å². The van der Waals surface area contributed by atoms with Crippen LogP contribution in [0, 0.1) is 0 Å². The molecule has 1 aliphatic rings.